The average Bonchev–Trinajstić information content (AvgIpc) is 1.88. The minimum absolute atomic E-state index is 0.439. The highest BCUT2D eigenvalue weighted by atomic mass is 31.2. The quantitative estimate of drug-likeness (QED) is 0.323. The highest BCUT2D eigenvalue weighted by Gasteiger charge is 2.11. The lowest BCUT2D eigenvalue weighted by Crippen LogP contribution is -2.40. The van der Waals surface area contributed by atoms with Crippen LogP contribution in [0.3, 0.4) is 0 Å². The van der Waals surface area contributed by atoms with Gasteiger partial charge >= 0.3 is 13.6 Å². The first kappa shape index (κ1) is 14.1. The monoisotopic (exact) mass is 201 g/mol. The fourth-order valence-corrected chi connectivity index (χ4v) is 0.712. The molecular formula is C4H14N2O5P+. The van der Waals surface area contributed by atoms with Crippen molar-refractivity contribution in [3.8, 4) is 0 Å². The zero-order valence-corrected chi connectivity index (χ0v) is 7.62. The van der Waals surface area contributed by atoms with Crippen molar-refractivity contribution >= 4 is 13.6 Å². The first-order valence-corrected chi connectivity index (χ1v) is 4.89. The van der Waals surface area contributed by atoms with Gasteiger partial charge in [-0.2, -0.15) is 0 Å². The molecule has 0 amide bonds. The highest BCUT2D eigenvalue weighted by molar-refractivity contribution is 7.51. The highest BCUT2D eigenvalue weighted by Crippen LogP contribution is 2.31. The zero-order valence-electron chi connectivity index (χ0n) is 6.73. The summed E-state index contributed by atoms with van der Waals surface area (Å²) in [5.41, 5.74) is 3.25. The van der Waals surface area contributed by atoms with Crippen LogP contribution in [0, 0.1) is 0 Å². The molecule has 0 bridgehead atoms. The minimum atomic E-state index is -4.10. The summed E-state index contributed by atoms with van der Waals surface area (Å²) in [6.07, 6.45) is -0.598. The number of carboxylic acids is 1. The summed E-state index contributed by atoms with van der Waals surface area (Å²) in [5, 5.41) is 10.1. The van der Waals surface area contributed by atoms with Crippen LogP contribution in [-0.4, -0.2) is 40.7 Å². The Kier molecular flexibility index (Phi) is 8.46. The van der Waals surface area contributed by atoms with Gasteiger partial charge in [0.05, 0.1) is 19.9 Å². The number of nitrogens with one attached hydrogen (secondary N) is 1. The summed E-state index contributed by atoms with van der Waals surface area (Å²) in [4.78, 5) is 26.1. The van der Waals surface area contributed by atoms with E-state index in [1.54, 1.807) is 7.05 Å². The maximum atomic E-state index is 10.1. The number of aliphatic carboxylic acids is 1. The number of quaternary nitrogens is 1. The van der Waals surface area contributed by atoms with Crippen LogP contribution >= 0.6 is 7.60 Å². The van der Waals surface area contributed by atoms with Crippen LogP contribution in [-0.2, 0) is 9.36 Å². The maximum absolute atomic E-state index is 10.1. The van der Waals surface area contributed by atoms with Gasteiger partial charge in [0.25, 0.3) is 0 Å². The van der Waals surface area contributed by atoms with Crippen molar-refractivity contribution in [3.05, 3.63) is 0 Å². The van der Waals surface area contributed by atoms with Crippen LogP contribution < -0.4 is 11.1 Å². The Morgan fingerprint density at radius 2 is 1.92 bits per heavy atom. The fraction of sp³-hybridized carbons (Fsp3) is 0.750. The van der Waals surface area contributed by atoms with E-state index in [2.05, 4.69) is 11.1 Å². The maximum Gasteiger partial charge on any atom is 0.339 e. The Hall–Kier alpha value is -0.460. The van der Waals surface area contributed by atoms with Crippen LogP contribution in [0.4, 0.5) is 0 Å². The van der Waals surface area contributed by atoms with Gasteiger partial charge in [-0.05, 0) is 0 Å². The predicted molar refractivity (Wildman–Crippen MR) is 41.4 cm³/mol. The van der Waals surface area contributed by atoms with E-state index < -0.39 is 26.4 Å². The van der Waals surface area contributed by atoms with Gasteiger partial charge in [-0.15, -0.1) is 0 Å². The third-order valence-corrected chi connectivity index (χ3v) is 1.23. The second kappa shape index (κ2) is 7.20. The number of carbonyl (C=O) groups is 1. The normalized spacial score (nSPS) is 10.0. The van der Waals surface area contributed by atoms with E-state index in [1.165, 1.54) is 0 Å². The molecule has 12 heavy (non-hydrogen) atoms. The van der Waals surface area contributed by atoms with Crippen LogP contribution in [0.25, 0.3) is 0 Å². The van der Waals surface area contributed by atoms with Gasteiger partial charge in [0.2, 0.25) is 0 Å². The molecule has 0 fully saturated rings. The molecule has 74 valence electrons. The van der Waals surface area contributed by atoms with Gasteiger partial charge in [-0.25, -0.2) is 0 Å². The Morgan fingerprint density at radius 3 is 2.17 bits per heavy atom. The predicted octanol–water partition coefficient (Wildman–Crippen LogP) is -2.35. The van der Waals surface area contributed by atoms with E-state index in [1.807, 2.05) is 0 Å². The molecule has 7 N–H and O–H groups in total. The van der Waals surface area contributed by atoms with Crippen molar-refractivity contribution in [1.29, 1.82) is 0 Å². The molecular weight excluding hydrogens is 187 g/mol. The Labute approximate surface area is 69.7 Å². The molecule has 0 aliphatic rings. The largest absolute Gasteiger partial charge is 0.480 e. The third kappa shape index (κ3) is 16.3. The second-order valence-corrected chi connectivity index (χ2v) is 3.29. The standard InChI is InChI=1S/C3H8NO5P.CH5N/c5-3(6)1-4-2-10(7,8)9;1-2/h4H,1-2H2,(H,5,6)(H2,7,8,9);2H2,1H3/p+1. The van der Waals surface area contributed by atoms with Crippen molar-refractivity contribution in [2.24, 2.45) is 0 Å². The molecule has 0 atom stereocenters. The van der Waals surface area contributed by atoms with Crippen LogP contribution in [0.2, 0.25) is 0 Å². The van der Waals surface area contributed by atoms with Crippen LogP contribution in [0.15, 0.2) is 0 Å². The number of rotatable bonds is 4. The third-order valence-electron chi connectivity index (χ3n) is 0.594. The van der Waals surface area contributed by atoms with E-state index in [4.69, 9.17) is 14.9 Å². The summed E-state index contributed by atoms with van der Waals surface area (Å²) in [6, 6.07) is 0. The van der Waals surface area contributed by atoms with Gasteiger partial charge < -0.3 is 20.6 Å². The zero-order chi connectivity index (χ0) is 10.2. The second-order valence-electron chi connectivity index (χ2n) is 1.64. The van der Waals surface area contributed by atoms with Gasteiger partial charge in [0.15, 0.2) is 0 Å². The first-order valence-electron chi connectivity index (χ1n) is 3.09. The van der Waals surface area contributed by atoms with Gasteiger partial charge in [0, 0.05) is 0 Å². The molecule has 0 aliphatic carbocycles. The molecule has 0 unspecified atom stereocenters. The molecule has 7 nitrogen and oxygen atoms in total. The van der Waals surface area contributed by atoms with Crippen molar-refractivity contribution in [3.63, 3.8) is 0 Å². The number of hydrogen-bond donors (Lipinski definition) is 5. The van der Waals surface area contributed by atoms with Gasteiger partial charge in [0.1, 0.15) is 0 Å². The fourth-order valence-electron chi connectivity index (χ4n) is 0.308. The molecule has 0 aromatic heterocycles. The van der Waals surface area contributed by atoms with Gasteiger partial charge in [-0.3, -0.25) is 14.7 Å². The van der Waals surface area contributed by atoms with Crippen LogP contribution in [0.1, 0.15) is 0 Å². The Bertz CT molecular complexity index is 167. The molecule has 0 heterocycles. The SMILES string of the molecule is C[NH3+].O=C(O)CNCP(=O)(O)O. The van der Waals surface area contributed by atoms with Gasteiger partial charge in [-0.1, -0.05) is 0 Å². The molecule has 0 radical (unpaired) electrons. The van der Waals surface area contributed by atoms with E-state index in [0.717, 1.165) is 0 Å². The first-order chi connectivity index (χ1) is 5.42. The molecule has 0 spiro atoms. The van der Waals surface area contributed by atoms with Crippen molar-refractivity contribution in [2.45, 2.75) is 0 Å². The van der Waals surface area contributed by atoms with Crippen molar-refractivity contribution in [1.82, 2.24) is 5.32 Å². The summed E-state index contributed by atoms with van der Waals surface area (Å²) >= 11 is 0. The summed E-state index contributed by atoms with van der Waals surface area (Å²) in [7, 11) is -2.35. The smallest absolute Gasteiger partial charge is 0.339 e. The Balaban J connectivity index is 0. The lowest BCUT2D eigenvalue weighted by molar-refractivity contribution is -0.325. The van der Waals surface area contributed by atoms with E-state index >= 15 is 0 Å². The number of hydrogen-bond acceptors (Lipinski definition) is 3. The molecule has 0 aromatic carbocycles. The molecule has 8 heteroatoms. The molecule has 0 aromatic rings. The minimum Gasteiger partial charge on any atom is -0.480 e. The molecule has 0 aliphatic heterocycles. The lowest BCUT2D eigenvalue weighted by Gasteiger charge is -2.02. The van der Waals surface area contributed by atoms with Crippen molar-refractivity contribution < 1.29 is 30.0 Å². The van der Waals surface area contributed by atoms with E-state index in [0.29, 0.717) is 0 Å². The molecule has 0 saturated carbocycles. The summed E-state index contributed by atoms with van der Waals surface area (Å²) in [6.45, 7) is -0.439. The summed E-state index contributed by atoms with van der Waals surface area (Å²) < 4.78 is 10.1. The molecule has 0 rings (SSSR count). The molecule has 0 saturated heterocycles. The van der Waals surface area contributed by atoms with Crippen LogP contribution in [0.5, 0.6) is 0 Å². The van der Waals surface area contributed by atoms with E-state index in [-0.39, 0.29) is 0 Å². The lowest BCUT2D eigenvalue weighted by atomic mass is 10.7. The van der Waals surface area contributed by atoms with E-state index in [9.17, 15) is 9.36 Å². The number of carboxylic acid groups (broad SMARTS) is 1. The topological polar surface area (TPSA) is 134 Å². The summed E-state index contributed by atoms with van der Waals surface area (Å²) in [5.74, 6) is -1.14. The Morgan fingerprint density at radius 1 is 1.50 bits per heavy atom. The van der Waals surface area contributed by atoms with Crippen molar-refractivity contribution in [2.75, 3.05) is 19.9 Å². The average molecular weight is 201 g/mol.